The molecule has 5 nitrogen and oxygen atoms in total. The van der Waals surface area contributed by atoms with Crippen LogP contribution >= 0.6 is 0 Å². The number of hydrogen-bond acceptors (Lipinski definition) is 4. The number of aryl methyl sites for hydroxylation is 1. The van der Waals surface area contributed by atoms with Gasteiger partial charge in [0, 0.05) is 6.20 Å². The standard InChI is InChI=1S/C20H27N3O2/c1-2-17-6-8-19(9-7-17)25-16-18(24)15-22-11-13-23(14-12-22)20-5-3-4-10-21-20/h3-10,18,24H,2,11-16H2,1H3/p+1. The summed E-state index contributed by atoms with van der Waals surface area (Å²) in [4.78, 5) is 8.14. The fourth-order valence-corrected chi connectivity index (χ4v) is 3.20. The molecule has 0 radical (unpaired) electrons. The fraction of sp³-hybridized carbons (Fsp3) is 0.450. The largest absolute Gasteiger partial charge is 0.491 e. The van der Waals surface area contributed by atoms with Crippen LogP contribution in [0.2, 0.25) is 0 Å². The molecule has 1 atom stereocenters. The van der Waals surface area contributed by atoms with Crippen LogP contribution in [0, 0.1) is 0 Å². The van der Waals surface area contributed by atoms with E-state index in [-0.39, 0.29) is 0 Å². The lowest BCUT2D eigenvalue weighted by atomic mass is 10.2. The lowest BCUT2D eigenvalue weighted by Gasteiger charge is -2.33. The van der Waals surface area contributed by atoms with Gasteiger partial charge in [-0.3, -0.25) is 0 Å². The van der Waals surface area contributed by atoms with Gasteiger partial charge in [0.2, 0.25) is 0 Å². The predicted octanol–water partition coefficient (Wildman–Crippen LogP) is 0.789. The molecule has 3 rings (SSSR count). The third kappa shape index (κ3) is 5.18. The van der Waals surface area contributed by atoms with Crippen LogP contribution in [0.5, 0.6) is 5.75 Å². The number of hydrogen-bond donors (Lipinski definition) is 2. The smallest absolute Gasteiger partial charge is 0.137 e. The molecule has 5 heteroatoms. The van der Waals surface area contributed by atoms with E-state index in [2.05, 4.69) is 35.0 Å². The molecule has 0 spiro atoms. The number of nitrogens with zero attached hydrogens (tertiary/aromatic N) is 2. The summed E-state index contributed by atoms with van der Waals surface area (Å²) in [7, 11) is 0. The molecule has 134 valence electrons. The number of nitrogens with one attached hydrogen (secondary N) is 1. The van der Waals surface area contributed by atoms with Crippen molar-refractivity contribution in [3.8, 4) is 5.75 Å². The van der Waals surface area contributed by atoms with Gasteiger partial charge in [-0.1, -0.05) is 25.1 Å². The molecule has 1 aromatic heterocycles. The molecule has 0 aliphatic carbocycles. The van der Waals surface area contributed by atoms with Gasteiger partial charge in [-0.15, -0.1) is 0 Å². The van der Waals surface area contributed by atoms with Crippen molar-refractivity contribution in [3.05, 3.63) is 54.2 Å². The van der Waals surface area contributed by atoms with Crippen molar-refractivity contribution in [2.75, 3.05) is 44.2 Å². The third-order valence-corrected chi connectivity index (χ3v) is 4.74. The maximum absolute atomic E-state index is 10.3. The Hall–Kier alpha value is -2.11. The number of anilines is 1. The summed E-state index contributed by atoms with van der Waals surface area (Å²) in [6.45, 7) is 7.17. The van der Waals surface area contributed by atoms with Crippen LogP contribution in [0.4, 0.5) is 5.82 Å². The van der Waals surface area contributed by atoms with Gasteiger partial charge in [0.25, 0.3) is 0 Å². The van der Waals surface area contributed by atoms with E-state index in [1.807, 2.05) is 30.5 Å². The Morgan fingerprint density at radius 1 is 1.16 bits per heavy atom. The highest BCUT2D eigenvalue weighted by atomic mass is 16.5. The van der Waals surface area contributed by atoms with Gasteiger partial charge in [0.1, 0.15) is 30.8 Å². The first-order chi connectivity index (χ1) is 12.2. The Labute approximate surface area is 149 Å². The number of rotatable bonds is 7. The third-order valence-electron chi connectivity index (χ3n) is 4.74. The summed E-state index contributed by atoms with van der Waals surface area (Å²) in [5.41, 5.74) is 1.29. The predicted molar refractivity (Wildman–Crippen MR) is 99.3 cm³/mol. The van der Waals surface area contributed by atoms with Crippen LogP contribution in [0.3, 0.4) is 0 Å². The fourth-order valence-electron chi connectivity index (χ4n) is 3.20. The van der Waals surface area contributed by atoms with E-state index in [1.165, 1.54) is 10.5 Å². The van der Waals surface area contributed by atoms with Crippen LogP contribution in [0.15, 0.2) is 48.7 Å². The number of piperazine rings is 1. The van der Waals surface area contributed by atoms with Crippen molar-refractivity contribution in [2.24, 2.45) is 0 Å². The summed E-state index contributed by atoms with van der Waals surface area (Å²) in [6.07, 6.45) is 2.42. The molecule has 0 saturated carbocycles. The van der Waals surface area contributed by atoms with Crippen molar-refractivity contribution >= 4 is 5.82 Å². The van der Waals surface area contributed by atoms with Gasteiger partial charge < -0.3 is 19.6 Å². The second kappa shape index (κ2) is 8.83. The zero-order valence-corrected chi connectivity index (χ0v) is 14.9. The normalized spacial score (nSPS) is 16.6. The molecule has 1 aliphatic rings. The minimum absolute atomic E-state index is 0.346. The van der Waals surface area contributed by atoms with Gasteiger partial charge in [-0.2, -0.15) is 0 Å². The van der Waals surface area contributed by atoms with E-state index >= 15 is 0 Å². The van der Waals surface area contributed by atoms with Gasteiger partial charge in [-0.05, 0) is 36.2 Å². The van der Waals surface area contributed by atoms with Crippen molar-refractivity contribution in [3.63, 3.8) is 0 Å². The summed E-state index contributed by atoms with van der Waals surface area (Å²) in [5.74, 6) is 1.87. The molecular formula is C20H28N3O2+. The summed E-state index contributed by atoms with van der Waals surface area (Å²) in [6, 6.07) is 14.1. The van der Waals surface area contributed by atoms with Crippen LogP contribution in [-0.2, 0) is 6.42 Å². The zero-order chi connectivity index (χ0) is 17.5. The van der Waals surface area contributed by atoms with E-state index in [0.29, 0.717) is 6.61 Å². The Morgan fingerprint density at radius 3 is 2.56 bits per heavy atom. The summed E-state index contributed by atoms with van der Waals surface area (Å²) >= 11 is 0. The molecule has 2 N–H and O–H groups in total. The first-order valence-electron chi connectivity index (χ1n) is 9.14. The van der Waals surface area contributed by atoms with E-state index in [1.54, 1.807) is 0 Å². The quantitative estimate of drug-likeness (QED) is 0.781. The number of benzene rings is 1. The van der Waals surface area contributed by atoms with Crippen LogP contribution in [0.25, 0.3) is 0 Å². The monoisotopic (exact) mass is 342 g/mol. The molecule has 1 aliphatic heterocycles. The van der Waals surface area contributed by atoms with Gasteiger partial charge in [0.05, 0.1) is 26.2 Å². The van der Waals surface area contributed by atoms with E-state index in [9.17, 15) is 5.11 Å². The SMILES string of the molecule is CCc1ccc(OCC(O)C[NH+]2CCN(c3ccccn3)CC2)cc1. The maximum Gasteiger partial charge on any atom is 0.137 e. The maximum atomic E-state index is 10.3. The molecule has 25 heavy (non-hydrogen) atoms. The molecule has 1 aromatic carbocycles. The lowest BCUT2D eigenvalue weighted by molar-refractivity contribution is -0.903. The molecule has 0 amide bonds. The van der Waals surface area contributed by atoms with Crippen molar-refractivity contribution in [1.82, 2.24) is 4.98 Å². The molecule has 2 heterocycles. The number of aliphatic hydroxyl groups is 1. The van der Waals surface area contributed by atoms with Crippen LogP contribution < -0.4 is 14.5 Å². The molecule has 1 unspecified atom stereocenters. The number of quaternary nitrogens is 1. The molecular weight excluding hydrogens is 314 g/mol. The highest BCUT2D eigenvalue weighted by Gasteiger charge is 2.23. The topological polar surface area (TPSA) is 50.0 Å². The Bertz CT molecular complexity index is 625. The Kier molecular flexibility index (Phi) is 6.25. The Balaban J connectivity index is 1.39. The summed E-state index contributed by atoms with van der Waals surface area (Å²) < 4.78 is 5.72. The van der Waals surface area contributed by atoms with Gasteiger partial charge >= 0.3 is 0 Å². The number of pyridine rings is 1. The molecule has 2 aromatic rings. The highest BCUT2D eigenvalue weighted by Crippen LogP contribution is 2.12. The van der Waals surface area contributed by atoms with Crippen LogP contribution in [0.1, 0.15) is 12.5 Å². The van der Waals surface area contributed by atoms with E-state index in [0.717, 1.165) is 50.7 Å². The van der Waals surface area contributed by atoms with Gasteiger partial charge in [-0.25, -0.2) is 4.98 Å². The van der Waals surface area contributed by atoms with Crippen molar-refractivity contribution < 1.29 is 14.7 Å². The average Bonchev–Trinajstić information content (AvgIpc) is 2.68. The average molecular weight is 342 g/mol. The minimum atomic E-state index is -0.442. The van der Waals surface area contributed by atoms with E-state index in [4.69, 9.17) is 4.74 Å². The number of ether oxygens (including phenoxy) is 1. The van der Waals surface area contributed by atoms with Crippen LogP contribution in [-0.4, -0.2) is 55.5 Å². The van der Waals surface area contributed by atoms with E-state index < -0.39 is 6.10 Å². The summed E-state index contributed by atoms with van der Waals surface area (Å²) in [5, 5.41) is 10.3. The number of aliphatic hydroxyl groups excluding tert-OH is 1. The van der Waals surface area contributed by atoms with Crippen molar-refractivity contribution in [2.45, 2.75) is 19.4 Å². The first kappa shape index (κ1) is 17.7. The molecule has 1 fully saturated rings. The first-order valence-corrected chi connectivity index (χ1v) is 9.14. The Morgan fingerprint density at radius 2 is 1.92 bits per heavy atom. The molecule has 0 bridgehead atoms. The van der Waals surface area contributed by atoms with Gasteiger partial charge in [0.15, 0.2) is 0 Å². The lowest BCUT2D eigenvalue weighted by Crippen LogP contribution is -3.16. The second-order valence-corrected chi connectivity index (χ2v) is 6.59. The molecule has 1 saturated heterocycles. The second-order valence-electron chi connectivity index (χ2n) is 6.59. The zero-order valence-electron chi connectivity index (χ0n) is 14.9. The van der Waals surface area contributed by atoms with Crippen molar-refractivity contribution in [1.29, 1.82) is 0 Å². The number of aromatic nitrogens is 1. The minimum Gasteiger partial charge on any atom is -0.491 e. The highest BCUT2D eigenvalue weighted by molar-refractivity contribution is 5.37.